The SMILES string of the molecule is Cn1cnc(-c2cc(Oc3ccc(N)nc3)c3ccnn3c2)c1. The van der Waals surface area contributed by atoms with Crippen molar-refractivity contribution >= 4 is 11.3 Å². The highest BCUT2D eigenvalue weighted by molar-refractivity contribution is 5.69. The first kappa shape index (κ1) is 13.3. The molecule has 7 nitrogen and oxygen atoms in total. The second-order valence-corrected chi connectivity index (χ2v) is 5.20. The van der Waals surface area contributed by atoms with Crippen molar-refractivity contribution in [3.63, 3.8) is 0 Å². The monoisotopic (exact) mass is 306 g/mol. The molecule has 0 aliphatic carbocycles. The van der Waals surface area contributed by atoms with Crippen LogP contribution in [-0.4, -0.2) is 24.1 Å². The summed E-state index contributed by atoms with van der Waals surface area (Å²) in [6.45, 7) is 0. The summed E-state index contributed by atoms with van der Waals surface area (Å²) in [6, 6.07) is 7.31. The van der Waals surface area contributed by atoms with Crippen LogP contribution in [0.25, 0.3) is 16.8 Å². The van der Waals surface area contributed by atoms with Crippen LogP contribution in [0.1, 0.15) is 0 Å². The Morgan fingerprint density at radius 2 is 2.04 bits per heavy atom. The molecular weight excluding hydrogens is 292 g/mol. The van der Waals surface area contributed by atoms with Crippen molar-refractivity contribution < 1.29 is 4.74 Å². The Hall–Kier alpha value is -3.35. The number of hydrogen-bond donors (Lipinski definition) is 1. The molecule has 23 heavy (non-hydrogen) atoms. The minimum atomic E-state index is 0.453. The van der Waals surface area contributed by atoms with Gasteiger partial charge in [0, 0.05) is 25.0 Å². The first-order valence-electron chi connectivity index (χ1n) is 7.04. The molecule has 0 saturated carbocycles. The van der Waals surface area contributed by atoms with Crippen LogP contribution in [0.15, 0.2) is 55.4 Å². The maximum absolute atomic E-state index is 5.96. The second kappa shape index (κ2) is 5.13. The summed E-state index contributed by atoms with van der Waals surface area (Å²) in [4.78, 5) is 8.42. The molecule has 0 aliphatic rings. The zero-order chi connectivity index (χ0) is 15.8. The van der Waals surface area contributed by atoms with E-state index in [4.69, 9.17) is 10.5 Å². The standard InChI is InChI=1S/C16H14N6O/c1-21-9-13(19-10-21)11-6-15(14-4-5-20-22(14)8-11)23-12-2-3-16(17)18-7-12/h2-10H,1H3,(H2,17,18). The van der Waals surface area contributed by atoms with Gasteiger partial charge in [0.25, 0.3) is 0 Å². The molecule has 0 bridgehead atoms. The van der Waals surface area contributed by atoms with E-state index in [0.29, 0.717) is 17.3 Å². The summed E-state index contributed by atoms with van der Waals surface area (Å²) in [5.41, 5.74) is 8.24. The van der Waals surface area contributed by atoms with E-state index in [1.807, 2.05) is 36.1 Å². The van der Waals surface area contributed by atoms with Crippen molar-refractivity contribution in [2.45, 2.75) is 0 Å². The fourth-order valence-corrected chi connectivity index (χ4v) is 2.36. The molecule has 4 aromatic rings. The normalized spacial score (nSPS) is 11.0. The number of fused-ring (bicyclic) bond motifs is 1. The van der Waals surface area contributed by atoms with Gasteiger partial charge in [-0.3, -0.25) is 0 Å². The zero-order valence-corrected chi connectivity index (χ0v) is 12.4. The molecule has 7 heteroatoms. The molecule has 0 unspecified atom stereocenters. The van der Waals surface area contributed by atoms with Crippen molar-refractivity contribution in [1.82, 2.24) is 24.1 Å². The fraction of sp³-hybridized carbons (Fsp3) is 0.0625. The highest BCUT2D eigenvalue weighted by Crippen LogP contribution is 2.30. The summed E-state index contributed by atoms with van der Waals surface area (Å²) >= 11 is 0. The lowest BCUT2D eigenvalue weighted by atomic mass is 10.2. The van der Waals surface area contributed by atoms with Gasteiger partial charge < -0.3 is 15.0 Å². The topological polar surface area (TPSA) is 83.3 Å². The first-order chi connectivity index (χ1) is 11.2. The van der Waals surface area contributed by atoms with Gasteiger partial charge in [0.2, 0.25) is 0 Å². The third kappa shape index (κ3) is 2.48. The van der Waals surface area contributed by atoms with Gasteiger partial charge >= 0.3 is 0 Å². The van der Waals surface area contributed by atoms with E-state index in [-0.39, 0.29) is 0 Å². The molecule has 0 radical (unpaired) electrons. The van der Waals surface area contributed by atoms with Crippen molar-refractivity contribution in [1.29, 1.82) is 0 Å². The summed E-state index contributed by atoms with van der Waals surface area (Å²) in [6.07, 6.45) is 8.94. The Morgan fingerprint density at radius 1 is 1.13 bits per heavy atom. The molecule has 0 aliphatic heterocycles. The number of aromatic nitrogens is 5. The third-order valence-corrected chi connectivity index (χ3v) is 3.46. The van der Waals surface area contributed by atoms with Crippen LogP contribution >= 0.6 is 0 Å². The minimum absolute atomic E-state index is 0.453. The molecule has 4 aromatic heterocycles. The molecule has 0 spiro atoms. The van der Waals surface area contributed by atoms with E-state index in [1.165, 1.54) is 0 Å². The molecule has 0 aromatic carbocycles. The highest BCUT2D eigenvalue weighted by Gasteiger charge is 2.10. The molecule has 0 saturated heterocycles. The van der Waals surface area contributed by atoms with Gasteiger partial charge in [-0.15, -0.1) is 0 Å². The number of anilines is 1. The molecule has 0 fully saturated rings. The molecule has 114 valence electrons. The van der Waals surface area contributed by atoms with Crippen molar-refractivity contribution in [2.75, 3.05) is 5.73 Å². The van der Waals surface area contributed by atoms with Crippen LogP contribution in [0.3, 0.4) is 0 Å². The third-order valence-electron chi connectivity index (χ3n) is 3.46. The van der Waals surface area contributed by atoms with Gasteiger partial charge in [0.15, 0.2) is 5.75 Å². The Balaban J connectivity index is 1.81. The maximum atomic E-state index is 5.96. The molecule has 4 rings (SSSR count). The summed E-state index contributed by atoms with van der Waals surface area (Å²) in [5, 5.41) is 4.29. The number of ether oxygens (including phenoxy) is 1. The predicted molar refractivity (Wildman–Crippen MR) is 86.1 cm³/mol. The van der Waals surface area contributed by atoms with E-state index < -0.39 is 0 Å². The predicted octanol–water partition coefficient (Wildman–Crippen LogP) is 2.50. The molecule has 0 atom stereocenters. The van der Waals surface area contributed by atoms with Crippen LogP contribution in [-0.2, 0) is 7.05 Å². The van der Waals surface area contributed by atoms with Crippen molar-refractivity contribution in [2.24, 2.45) is 7.05 Å². The summed E-state index contributed by atoms with van der Waals surface area (Å²) in [7, 11) is 1.93. The highest BCUT2D eigenvalue weighted by atomic mass is 16.5. The lowest BCUT2D eigenvalue weighted by Gasteiger charge is -2.09. The van der Waals surface area contributed by atoms with Gasteiger partial charge in [-0.05, 0) is 24.3 Å². The molecule has 4 heterocycles. The largest absolute Gasteiger partial charge is 0.453 e. The average Bonchev–Trinajstić information content (AvgIpc) is 3.18. The number of aryl methyl sites for hydroxylation is 1. The fourth-order valence-electron chi connectivity index (χ4n) is 2.36. The van der Waals surface area contributed by atoms with E-state index >= 15 is 0 Å². The van der Waals surface area contributed by atoms with Crippen LogP contribution in [0.4, 0.5) is 5.82 Å². The Kier molecular flexibility index (Phi) is 2.97. The van der Waals surface area contributed by atoms with E-state index in [1.54, 1.807) is 35.4 Å². The van der Waals surface area contributed by atoms with Crippen LogP contribution in [0.2, 0.25) is 0 Å². The molecule has 2 N–H and O–H groups in total. The van der Waals surface area contributed by atoms with Crippen molar-refractivity contribution in [3.8, 4) is 22.8 Å². The number of nitrogens with two attached hydrogens (primary N) is 1. The Labute approximate surface area is 132 Å². The minimum Gasteiger partial charge on any atom is -0.453 e. The van der Waals surface area contributed by atoms with Crippen LogP contribution < -0.4 is 10.5 Å². The second-order valence-electron chi connectivity index (χ2n) is 5.20. The Bertz CT molecular complexity index is 970. The van der Waals surface area contributed by atoms with Gasteiger partial charge in [-0.1, -0.05) is 0 Å². The Morgan fingerprint density at radius 3 is 2.78 bits per heavy atom. The first-order valence-corrected chi connectivity index (χ1v) is 7.04. The summed E-state index contributed by atoms with van der Waals surface area (Å²) in [5.74, 6) is 1.74. The van der Waals surface area contributed by atoms with Crippen LogP contribution in [0, 0.1) is 0 Å². The average molecular weight is 306 g/mol. The van der Waals surface area contributed by atoms with E-state index in [2.05, 4.69) is 15.1 Å². The number of imidazole rings is 1. The van der Waals surface area contributed by atoms with Gasteiger partial charge in [-0.2, -0.15) is 5.10 Å². The zero-order valence-electron chi connectivity index (χ0n) is 12.4. The number of nitrogen functional groups attached to an aromatic ring is 1. The number of pyridine rings is 2. The van der Waals surface area contributed by atoms with E-state index in [0.717, 1.165) is 16.8 Å². The van der Waals surface area contributed by atoms with E-state index in [9.17, 15) is 0 Å². The van der Waals surface area contributed by atoms with Gasteiger partial charge in [0.05, 0.1) is 24.4 Å². The molecular formula is C16H14N6O. The summed E-state index contributed by atoms with van der Waals surface area (Å²) < 4.78 is 9.62. The lowest BCUT2D eigenvalue weighted by molar-refractivity contribution is 0.483. The maximum Gasteiger partial charge on any atom is 0.153 e. The number of rotatable bonds is 3. The lowest BCUT2D eigenvalue weighted by Crippen LogP contribution is -1.95. The number of hydrogen-bond acceptors (Lipinski definition) is 5. The van der Waals surface area contributed by atoms with Gasteiger partial charge in [-0.25, -0.2) is 14.5 Å². The van der Waals surface area contributed by atoms with Crippen LogP contribution in [0.5, 0.6) is 11.5 Å². The van der Waals surface area contributed by atoms with Gasteiger partial charge in [0.1, 0.15) is 17.1 Å². The quantitative estimate of drug-likeness (QED) is 0.629. The van der Waals surface area contributed by atoms with Crippen molar-refractivity contribution in [3.05, 3.63) is 55.4 Å². The molecule has 0 amide bonds. The smallest absolute Gasteiger partial charge is 0.153 e. The number of nitrogens with zero attached hydrogens (tertiary/aromatic N) is 5.